The van der Waals surface area contributed by atoms with Crippen LogP contribution in [0.25, 0.3) is 0 Å². The summed E-state index contributed by atoms with van der Waals surface area (Å²) in [5, 5.41) is 3.53. The normalized spacial score (nSPS) is 24.4. The van der Waals surface area contributed by atoms with Crippen LogP contribution in [0.3, 0.4) is 0 Å². The zero-order chi connectivity index (χ0) is 13.2. The molecule has 3 nitrogen and oxygen atoms in total. The monoisotopic (exact) mass is 248 g/mol. The molecule has 0 radical (unpaired) electrons. The number of likely N-dealkylation sites (tertiary alicyclic amines) is 1. The highest BCUT2D eigenvalue weighted by atomic mass is 16.5. The zero-order valence-electron chi connectivity index (χ0n) is 11.9. The zero-order valence-corrected chi connectivity index (χ0v) is 11.9. The maximum atomic E-state index is 5.31. The lowest BCUT2D eigenvalue weighted by Crippen LogP contribution is -2.47. The first-order valence-electron chi connectivity index (χ1n) is 6.59. The molecular weight excluding hydrogens is 224 g/mol. The van der Waals surface area contributed by atoms with E-state index in [9.17, 15) is 0 Å². The predicted molar refractivity (Wildman–Crippen MR) is 75.3 cm³/mol. The number of hydrogen-bond donors (Lipinski definition) is 1. The van der Waals surface area contributed by atoms with E-state index in [4.69, 9.17) is 4.74 Å². The molecule has 100 valence electrons. The van der Waals surface area contributed by atoms with Crippen LogP contribution in [-0.2, 0) is 6.42 Å². The lowest BCUT2D eigenvalue weighted by atomic mass is 9.89. The minimum atomic E-state index is 0.232. The quantitative estimate of drug-likeness (QED) is 0.880. The van der Waals surface area contributed by atoms with Gasteiger partial charge in [0.2, 0.25) is 0 Å². The van der Waals surface area contributed by atoms with Crippen molar-refractivity contribution in [3.05, 3.63) is 29.3 Å². The second-order valence-electron chi connectivity index (χ2n) is 5.50. The van der Waals surface area contributed by atoms with E-state index in [1.54, 1.807) is 7.11 Å². The Morgan fingerprint density at radius 3 is 2.72 bits per heavy atom. The third-order valence-electron chi connectivity index (χ3n) is 4.08. The Kier molecular flexibility index (Phi) is 3.93. The van der Waals surface area contributed by atoms with Crippen LogP contribution >= 0.6 is 0 Å². The maximum absolute atomic E-state index is 5.31. The molecule has 3 heteroatoms. The molecule has 1 aliphatic rings. The fourth-order valence-electron chi connectivity index (χ4n) is 2.96. The Bertz CT molecular complexity index is 419. The summed E-state index contributed by atoms with van der Waals surface area (Å²) in [6, 6.07) is 6.51. The van der Waals surface area contributed by atoms with E-state index in [0.717, 1.165) is 18.7 Å². The van der Waals surface area contributed by atoms with Crippen molar-refractivity contribution in [1.82, 2.24) is 10.2 Å². The number of aryl methyl sites for hydroxylation is 1. The van der Waals surface area contributed by atoms with E-state index in [1.807, 2.05) is 0 Å². The average molecular weight is 248 g/mol. The fraction of sp³-hybridized carbons (Fsp3) is 0.600. The Morgan fingerprint density at radius 1 is 1.44 bits per heavy atom. The Labute approximate surface area is 110 Å². The van der Waals surface area contributed by atoms with E-state index < -0.39 is 0 Å². The summed E-state index contributed by atoms with van der Waals surface area (Å²) >= 11 is 0. The number of nitrogens with one attached hydrogen (secondary N) is 1. The summed E-state index contributed by atoms with van der Waals surface area (Å²) in [5.74, 6) is 0.973. The summed E-state index contributed by atoms with van der Waals surface area (Å²) in [7, 11) is 6.00. The van der Waals surface area contributed by atoms with Gasteiger partial charge >= 0.3 is 0 Å². The van der Waals surface area contributed by atoms with Gasteiger partial charge in [-0.2, -0.15) is 0 Å². The summed E-state index contributed by atoms with van der Waals surface area (Å²) < 4.78 is 5.31. The van der Waals surface area contributed by atoms with Gasteiger partial charge in [0.1, 0.15) is 5.75 Å². The molecule has 1 atom stereocenters. The number of likely N-dealkylation sites (N-methyl/N-ethyl adjacent to an activating group) is 2. The van der Waals surface area contributed by atoms with Gasteiger partial charge in [0.25, 0.3) is 0 Å². The van der Waals surface area contributed by atoms with Crippen molar-refractivity contribution < 1.29 is 4.74 Å². The van der Waals surface area contributed by atoms with Crippen LogP contribution in [0.2, 0.25) is 0 Å². The number of benzene rings is 1. The van der Waals surface area contributed by atoms with E-state index in [0.29, 0.717) is 0 Å². The Balaban J connectivity index is 2.15. The standard InChI is InChI=1S/C15H24N2O/c1-12-9-13(5-6-14(12)18-4)10-15(16-2)7-8-17(3)11-15/h5-6,9,16H,7-8,10-11H2,1-4H3. The van der Waals surface area contributed by atoms with Crippen molar-refractivity contribution >= 4 is 0 Å². The minimum Gasteiger partial charge on any atom is -0.496 e. The van der Waals surface area contributed by atoms with Gasteiger partial charge in [0, 0.05) is 12.1 Å². The van der Waals surface area contributed by atoms with E-state index in [2.05, 4.69) is 49.4 Å². The highest BCUT2D eigenvalue weighted by Gasteiger charge is 2.35. The van der Waals surface area contributed by atoms with E-state index in [1.165, 1.54) is 24.1 Å². The lowest BCUT2D eigenvalue weighted by molar-refractivity contribution is 0.326. The first-order valence-corrected chi connectivity index (χ1v) is 6.59. The molecule has 0 bridgehead atoms. The molecule has 1 unspecified atom stereocenters. The van der Waals surface area contributed by atoms with Gasteiger partial charge in [0.05, 0.1) is 7.11 Å². The van der Waals surface area contributed by atoms with Crippen molar-refractivity contribution in [2.45, 2.75) is 25.3 Å². The van der Waals surface area contributed by atoms with Gasteiger partial charge in [-0.15, -0.1) is 0 Å². The first kappa shape index (κ1) is 13.4. The number of methoxy groups -OCH3 is 1. The van der Waals surface area contributed by atoms with Crippen molar-refractivity contribution in [3.8, 4) is 5.75 Å². The molecule has 1 fully saturated rings. The summed E-state index contributed by atoms with van der Waals surface area (Å²) in [6.45, 7) is 4.40. The van der Waals surface area contributed by atoms with E-state index in [-0.39, 0.29) is 5.54 Å². The molecule has 0 amide bonds. The van der Waals surface area contributed by atoms with E-state index >= 15 is 0 Å². The van der Waals surface area contributed by atoms with Gasteiger partial charge in [-0.25, -0.2) is 0 Å². The molecule has 0 aliphatic carbocycles. The van der Waals surface area contributed by atoms with Crippen molar-refractivity contribution in [2.24, 2.45) is 0 Å². The summed E-state index contributed by atoms with van der Waals surface area (Å²) in [4.78, 5) is 2.40. The topological polar surface area (TPSA) is 24.5 Å². The molecule has 1 N–H and O–H groups in total. The minimum absolute atomic E-state index is 0.232. The van der Waals surface area contributed by atoms with Crippen LogP contribution in [-0.4, -0.2) is 44.7 Å². The predicted octanol–water partition coefficient (Wildman–Crippen LogP) is 1.84. The van der Waals surface area contributed by atoms with Crippen LogP contribution in [0.5, 0.6) is 5.75 Å². The third kappa shape index (κ3) is 2.68. The van der Waals surface area contributed by atoms with Crippen LogP contribution in [0.15, 0.2) is 18.2 Å². The number of nitrogens with zero attached hydrogens (tertiary/aromatic N) is 1. The van der Waals surface area contributed by atoms with Gasteiger partial charge in [-0.1, -0.05) is 12.1 Å². The molecule has 1 aromatic rings. The lowest BCUT2D eigenvalue weighted by Gasteiger charge is -2.29. The number of ether oxygens (including phenoxy) is 1. The second-order valence-corrected chi connectivity index (χ2v) is 5.50. The number of hydrogen-bond acceptors (Lipinski definition) is 3. The number of rotatable bonds is 4. The maximum Gasteiger partial charge on any atom is 0.121 e. The van der Waals surface area contributed by atoms with Crippen molar-refractivity contribution in [2.75, 3.05) is 34.3 Å². The smallest absolute Gasteiger partial charge is 0.121 e. The Hall–Kier alpha value is -1.06. The summed E-state index contributed by atoms with van der Waals surface area (Å²) in [6.07, 6.45) is 2.30. The largest absolute Gasteiger partial charge is 0.496 e. The molecule has 2 rings (SSSR count). The molecule has 0 saturated carbocycles. The second kappa shape index (κ2) is 5.29. The van der Waals surface area contributed by atoms with Gasteiger partial charge in [-0.3, -0.25) is 0 Å². The first-order chi connectivity index (χ1) is 8.58. The van der Waals surface area contributed by atoms with Crippen LogP contribution < -0.4 is 10.1 Å². The van der Waals surface area contributed by atoms with Gasteiger partial charge in [-0.05, 0) is 57.6 Å². The molecule has 1 aliphatic heterocycles. The molecular formula is C15H24N2O. The molecule has 0 aromatic heterocycles. The van der Waals surface area contributed by atoms with Crippen LogP contribution in [0, 0.1) is 6.92 Å². The highest BCUT2D eigenvalue weighted by molar-refractivity contribution is 5.37. The molecule has 1 heterocycles. The average Bonchev–Trinajstić information content (AvgIpc) is 2.72. The Morgan fingerprint density at radius 2 is 2.22 bits per heavy atom. The molecule has 0 spiro atoms. The third-order valence-corrected chi connectivity index (χ3v) is 4.08. The summed E-state index contributed by atoms with van der Waals surface area (Å²) in [5.41, 5.74) is 2.83. The SMILES string of the molecule is CNC1(Cc2ccc(OC)c(C)c2)CCN(C)C1. The molecule has 18 heavy (non-hydrogen) atoms. The van der Waals surface area contributed by atoms with Crippen molar-refractivity contribution in [1.29, 1.82) is 0 Å². The molecule has 1 aromatic carbocycles. The van der Waals surface area contributed by atoms with Crippen molar-refractivity contribution in [3.63, 3.8) is 0 Å². The highest BCUT2D eigenvalue weighted by Crippen LogP contribution is 2.26. The van der Waals surface area contributed by atoms with Gasteiger partial charge in [0.15, 0.2) is 0 Å². The molecule has 1 saturated heterocycles. The fourth-order valence-corrected chi connectivity index (χ4v) is 2.96. The van der Waals surface area contributed by atoms with Gasteiger partial charge < -0.3 is 15.0 Å². The van der Waals surface area contributed by atoms with Crippen LogP contribution in [0.4, 0.5) is 0 Å². The van der Waals surface area contributed by atoms with Crippen LogP contribution in [0.1, 0.15) is 17.5 Å².